The molecule has 2 saturated carbocycles. The zero-order chi connectivity index (χ0) is 24.0. The standard InChI is InChI=1S/C27H31N3O5/c31-24(28-21-16-18-8-9-20(21)15-18)22-17-35-27(30(22)25(32)19-5-2-1-3-6-19)10-12-29(13-11-27)26(33)23-7-4-14-34-23/h1-7,14,18,20-22H,8-13,15-17H2,(H,28,31)/t18-,20-,21-,22-/m0/s1. The predicted octanol–water partition coefficient (Wildman–Crippen LogP) is 3.06. The topological polar surface area (TPSA) is 92.1 Å². The zero-order valence-corrected chi connectivity index (χ0v) is 19.7. The van der Waals surface area contributed by atoms with E-state index in [-0.39, 0.29) is 30.4 Å². The summed E-state index contributed by atoms with van der Waals surface area (Å²) in [5, 5.41) is 3.27. The minimum atomic E-state index is -0.913. The number of likely N-dealkylation sites (tertiary alicyclic amines) is 1. The fourth-order valence-corrected chi connectivity index (χ4v) is 6.60. The lowest BCUT2D eigenvalue weighted by Crippen LogP contribution is -2.60. The van der Waals surface area contributed by atoms with E-state index in [4.69, 9.17) is 9.15 Å². The molecule has 4 aliphatic rings. The largest absolute Gasteiger partial charge is 0.459 e. The molecule has 2 aliphatic carbocycles. The minimum Gasteiger partial charge on any atom is -0.459 e. The lowest BCUT2D eigenvalue weighted by molar-refractivity contribution is -0.129. The molecule has 1 aromatic carbocycles. The molecule has 2 aliphatic heterocycles. The Morgan fingerprint density at radius 1 is 0.943 bits per heavy atom. The average molecular weight is 478 g/mol. The SMILES string of the molecule is O=C(N[C@H]1C[C@H]2CC[C@H]1C2)[C@@H]1COC2(CCN(C(=O)c3ccco3)CC2)N1C(=O)c1ccccc1. The number of nitrogens with one attached hydrogen (secondary N) is 1. The van der Waals surface area contributed by atoms with Gasteiger partial charge in [0.15, 0.2) is 5.76 Å². The van der Waals surface area contributed by atoms with E-state index in [1.54, 1.807) is 34.1 Å². The summed E-state index contributed by atoms with van der Waals surface area (Å²) >= 11 is 0. The van der Waals surface area contributed by atoms with Gasteiger partial charge in [-0.2, -0.15) is 0 Å². The number of fused-ring (bicyclic) bond motifs is 2. The number of amides is 3. The molecule has 35 heavy (non-hydrogen) atoms. The van der Waals surface area contributed by atoms with Crippen LogP contribution in [0.5, 0.6) is 0 Å². The highest BCUT2D eigenvalue weighted by Gasteiger charge is 2.55. The van der Waals surface area contributed by atoms with Crippen LogP contribution in [0.2, 0.25) is 0 Å². The van der Waals surface area contributed by atoms with Crippen molar-refractivity contribution in [1.82, 2.24) is 15.1 Å². The van der Waals surface area contributed by atoms with Crippen LogP contribution in [0.15, 0.2) is 53.1 Å². The molecule has 8 nitrogen and oxygen atoms in total. The Hall–Kier alpha value is -3.13. The highest BCUT2D eigenvalue weighted by Crippen LogP contribution is 2.45. The van der Waals surface area contributed by atoms with Crippen molar-refractivity contribution in [3.05, 3.63) is 60.1 Å². The molecule has 184 valence electrons. The van der Waals surface area contributed by atoms with E-state index in [2.05, 4.69) is 5.32 Å². The predicted molar refractivity (Wildman–Crippen MR) is 126 cm³/mol. The zero-order valence-electron chi connectivity index (χ0n) is 19.7. The first kappa shape index (κ1) is 22.3. The summed E-state index contributed by atoms with van der Waals surface area (Å²) in [6, 6.07) is 11.9. The molecule has 2 saturated heterocycles. The molecule has 2 bridgehead atoms. The summed E-state index contributed by atoms with van der Waals surface area (Å²) < 4.78 is 11.6. The van der Waals surface area contributed by atoms with Gasteiger partial charge < -0.3 is 19.4 Å². The smallest absolute Gasteiger partial charge is 0.289 e. The molecular formula is C27H31N3O5. The second-order valence-corrected chi connectivity index (χ2v) is 10.4. The Morgan fingerprint density at radius 3 is 2.40 bits per heavy atom. The van der Waals surface area contributed by atoms with Gasteiger partial charge in [0.25, 0.3) is 11.8 Å². The molecule has 1 spiro atoms. The van der Waals surface area contributed by atoms with Crippen LogP contribution in [0.1, 0.15) is 59.4 Å². The van der Waals surface area contributed by atoms with Crippen molar-refractivity contribution in [1.29, 1.82) is 0 Å². The van der Waals surface area contributed by atoms with E-state index in [1.165, 1.54) is 25.5 Å². The van der Waals surface area contributed by atoms with Crippen LogP contribution >= 0.6 is 0 Å². The maximum atomic E-state index is 13.8. The Balaban J connectivity index is 1.22. The monoisotopic (exact) mass is 477 g/mol. The molecular weight excluding hydrogens is 446 g/mol. The van der Waals surface area contributed by atoms with Gasteiger partial charge in [0.1, 0.15) is 11.8 Å². The van der Waals surface area contributed by atoms with Crippen molar-refractivity contribution in [3.63, 3.8) is 0 Å². The maximum absolute atomic E-state index is 13.8. The van der Waals surface area contributed by atoms with Crippen LogP contribution in [0, 0.1) is 11.8 Å². The molecule has 6 rings (SSSR count). The van der Waals surface area contributed by atoms with Gasteiger partial charge in [-0.25, -0.2) is 0 Å². The quantitative estimate of drug-likeness (QED) is 0.731. The highest BCUT2D eigenvalue weighted by atomic mass is 16.5. The number of carbonyl (C=O) groups is 3. The molecule has 8 heteroatoms. The fourth-order valence-electron chi connectivity index (χ4n) is 6.60. The van der Waals surface area contributed by atoms with Gasteiger partial charge in [-0.05, 0) is 55.4 Å². The van der Waals surface area contributed by atoms with Crippen LogP contribution in [-0.4, -0.2) is 65.0 Å². The van der Waals surface area contributed by atoms with Crippen molar-refractivity contribution in [2.45, 2.75) is 56.3 Å². The molecule has 0 unspecified atom stereocenters. The number of piperidine rings is 1. The third-order valence-electron chi connectivity index (χ3n) is 8.43. The lowest BCUT2D eigenvalue weighted by atomic mass is 9.94. The molecule has 0 radical (unpaired) electrons. The molecule has 3 heterocycles. The Bertz CT molecular complexity index is 1090. The van der Waals surface area contributed by atoms with E-state index < -0.39 is 11.8 Å². The number of ether oxygens (including phenoxy) is 1. The third kappa shape index (κ3) is 3.93. The van der Waals surface area contributed by atoms with Gasteiger partial charge in [-0.15, -0.1) is 0 Å². The second-order valence-electron chi connectivity index (χ2n) is 10.4. The Morgan fingerprint density at radius 2 is 1.74 bits per heavy atom. The third-order valence-corrected chi connectivity index (χ3v) is 8.43. The summed E-state index contributed by atoms with van der Waals surface area (Å²) in [6.07, 6.45) is 7.03. The van der Waals surface area contributed by atoms with Gasteiger partial charge in [0.05, 0.1) is 12.9 Å². The van der Waals surface area contributed by atoms with Crippen molar-refractivity contribution in [3.8, 4) is 0 Å². The number of rotatable bonds is 4. The molecule has 4 fully saturated rings. The molecule has 4 atom stereocenters. The maximum Gasteiger partial charge on any atom is 0.289 e. The summed E-state index contributed by atoms with van der Waals surface area (Å²) in [4.78, 5) is 43.5. The first-order chi connectivity index (χ1) is 17.0. The van der Waals surface area contributed by atoms with Crippen molar-refractivity contribution in [2.75, 3.05) is 19.7 Å². The second kappa shape index (κ2) is 8.82. The Kier molecular flexibility index (Phi) is 5.63. The van der Waals surface area contributed by atoms with E-state index in [0.29, 0.717) is 43.2 Å². The number of hydrogen-bond acceptors (Lipinski definition) is 5. The summed E-state index contributed by atoms with van der Waals surface area (Å²) in [5.74, 6) is 1.06. The van der Waals surface area contributed by atoms with Crippen molar-refractivity contribution >= 4 is 17.7 Å². The average Bonchev–Trinajstić information content (AvgIpc) is 3.69. The molecule has 1 N–H and O–H groups in total. The highest BCUT2D eigenvalue weighted by molar-refractivity contribution is 5.98. The number of furan rings is 1. The van der Waals surface area contributed by atoms with Gasteiger partial charge in [-0.1, -0.05) is 24.6 Å². The first-order valence-electron chi connectivity index (χ1n) is 12.7. The first-order valence-corrected chi connectivity index (χ1v) is 12.7. The molecule has 3 amide bonds. The number of carbonyl (C=O) groups excluding carboxylic acids is 3. The lowest BCUT2D eigenvalue weighted by Gasteiger charge is -2.44. The van der Waals surface area contributed by atoms with Gasteiger partial charge in [0.2, 0.25) is 5.91 Å². The van der Waals surface area contributed by atoms with Gasteiger partial charge in [-0.3, -0.25) is 19.3 Å². The van der Waals surface area contributed by atoms with E-state index in [9.17, 15) is 14.4 Å². The summed E-state index contributed by atoms with van der Waals surface area (Å²) in [7, 11) is 0. The van der Waals surface area contributed by atoms with Crippen LogP contribution < -0.4 is 5.32 Å². The number of nitrogens with zero attached hydrogens (tertiary/aromatic N) is 2. The van der Waals surface area contributed by atoms with Crippen molar-refractivity contribution in [2.24, 2.45) is 11.8 Å². The van der Waals surface area contributed by atoms with E-state index in [1.807, 2.05) is 18.2 Å². The van der Waals surface area contributed by atoms with Gasteiger partial charge in [0, 0.05) is 37.5 Å². The fraction of sp³-hybridized carbons (Fsp3) is 0.519. The normalized spacial score (nSPS) is 29.0. The van der Waals surface area contributed by atoms with Gasteiger partial charge >= 0.3 is 0 Å². The van der Waals surface area contributed by atoms with Crippen LogP contribution in [0.3, 0.4) is 0 Å². The van der Waals surface area contributed by atoms with E-state index >= 15 is 0 Å². The van der Waals surface area contributed by atoms with Crippen LogP contribution in [0.25, 0.3) is 0 Å². The van der Waals surface area contributed by atoms with E-state index in [0.717, 1.165) is 12.3 Å². The molecule has 1 aromatic heterocycles. The van der Waals surface area contributed by atoms with Crippen molar-refractivity contribution < 1.29 is 23.5 Å². The molecule has 2 aromatic rings. The number of hydrogen-bond donors (Lipinski definition) is 1. The summed E-state index contributed by atoms with van der Waals surface area (Å²) in [5.41, 5.74) is -0.381. The Labute approximate surface area is 204 Å². The van der Waals surface area contributed by atoms with Crippen LogP contribution in [0.4, 0.5) is 0 Å². The number of benzene rings is 1. The summed E-state index contributed by atoms with van der Waals surface area (Å²) in [6.45, 7) is 0.995. The minimum absolute atomic E-state index is 0.127. The van der Waals surface area contributed by atoms with Crippen LogP contribution in [-0.2, 0) is 9.53 Å².